The number of hydrogen-bond donors (Lipinski definition) is 0. The summed E-state index contributed by atoms with van der Waals surface area (Å²) in [5, 5.41) is 10.7. The lowest BCUT2D eigenvalue weighted by Crippen LogP contribution is -2.49. The second kappa shape index (κ2) is 12.1. The Kier molecular flexibility index (Phi) is 7.57. The fourth-order valence-corrected chi connectivity index (χ4v) is 8.34. The zero-order chi connectivity index (χ0) is 30.2. The van der Waals surface area contributed by atoms with Crippen LogP contribution in [-0.2, 0) is 10.5 Å². The molecule has 224 valence electrons. The number of thioether (sulfide) groups is 2. The topological polar surface area (TPSA) is 106 Å². The smallest absolute Gasteiger partial charge is 0.233 e. The minimum Gasteiger partial charge on any atom is -0.450 e. The van der Waals surface area contributed by atoms with E-state index in [2.05, 4.69) is 31.1 Å². The number of carbonyl (C=O) groups is 1. The van der Waals surface area contributed by atoms with E-state index >= 15 is 0 Å². The number of para-hydroxylation sites is 3. The molecule has 4 aromatic heterocycles. The van der Waals surface area contributed by atoms with E-state index in [0.29, 0.717) is 42.7 Å². The van der Waals surface area contributed by atoms with Gasteiger partial charge in [0.25, 0.3) is 0 Å². The highest BCUT2D eigenvalue weighted by atomic mass is 32.2. The lowest BCUT2D eigenvalue weighted by atomic mass is 10.2. The minimum absolute atomic E-state index is 0.0734. The SMILES string of the molecule is O=C(CSc1nnc(CSc2nc3ccccc3s2)n1-c1ccccc1)N1CCN(c2ncnc3c2oc2ccccc23)CC1. The molecule has 8 rings (SSSR count). The Morgan fingerprint density at radius 2 is 1.67 bits per heavy atom. The Morgan fingerprint density at radius 3 is 2.53 bits per heavy atom. The normalized spacial score (nSPS) is 13.8. The van der Waals surface area contributed by atoms with Gasteiger partial charge in [0.15, 0.2) is 20.9 Å². The molecule has 13 heteroatoms. The molecule has 5 heterocycles. The predicted molar refractivity (Wildman–Crippen MR) is 179 cm³/mol. The average Bonchev–Trinajstić information content (AvgIpc) is 3.81. The molecule has 0 N–H and O–H groups in total. The number of fused-ring (bicyclic) bond motifs is 4. The van der Waals surface area contributed by atoms with Crippen molar-refractivity contribution in [2.75, 3.05) is 36.8 Å². The van der Waals surface area contributed by atoms with Crippen LogP contribution in [0.2, 0.25) is 0 Å². The summed E-state index contributed by atoms with van der Waals surface area (Å²) in [4.78, 5) is 31.2. The van der Waals surface area contributed by atoms with Crippen molar-refractivity contribution in [1.29, 1.82) is 0 Å². The second-order valence-electron chi connectivity index (χ2n) is 10.4. The molecule has 0 saturated carbocycles. The van der Waals surface area contributed by atoms with Gasteiger partial charge in [-0.2, -0.15) is 0 Å². The predicted octanol–water partition coefficient (Wildman–Crippen LogP) is 6.30. The Morgan fingerprint density at radius 1 is 0.867 bits per heavy atom. The molecule has 1 aliphatic rings. The maximum Gasteiger partial charge on any atom is 0.233 e. The summed E-state index contributed by atoms with van der Waals surface area (Å²) < 4.78 is 10.3. The van der Waals surface area contributed by atoms with E-state index in [4.69, 9.17) is 9.40 Å². The highest BCUT2D eigenvalue weighted by Gasteiger charge is 2.26. The molecular weight excluding hydrogens is 625 g/mol. The van der Waals surface area contributed by atoms with Gasteiger partial charge in [-0.25, -0.2) is 15.0 Å². The molecule has 0 unspecified atom stereocenters. The number of carbonyl (C=O) groups excluding carboxylic acids is 1. The molecule has 7 aromatic rings. The van der Waals surface area contributed by atoms with Crippen molar-refractivity contribution in [3.63, 3.8) is 0 Å². The van der Waals surface area contributed by atoms with E-state index in [0.717, 1.165) is 43.7 Å². The number of furan rings is 1. The molecule has 1 amide bonds. The van der Waals surface area contributed by atoms with Gasteiger partial charge in [-0.1, -0.05) is 66.0 Å². The molecule has 0 bridgehead atoms. The van der Waals surface area contributed by atoms with Crippen molar-refractivity contribution in [3.8, 4) is 5.69 Å². The summed E-state index contributed by atoms with van der Waals surface area (Å²) in [5.41, 5.74) is 4.26. The summed E-state index contributed by atoms with van der Waals surface area (Å²) in [6, 6.07) is 26.1. The van der Waals surface area contributed by atoms with Gasteiger partial charge in [-0.05, 0) is 36.4 Å². The summed E-state index contributed by atoms with van der Waals surface area (Å²) >= 11 is 4.74. The number of amides is 1. The first-order valence-corrected chi connectivity index (χ1v) is 17.3. The zero-order valence-corrected chi connectivity index (χ0v) is 26.4. The Bertz CT molecular complexity index is 2100. The van der Waals surface area contributed by atoms with Gasteiger partial charge in [0, 0.05) is 37.3 Å². The van der Waals surface area contributed by atoms with Crippen LogP contribution < -0.4 is 4.90 Å². The summed E-state index contributed by atoms with van der Waals surface area (Å²) in [6.45, 7) is 2.51. The third kappa shape index (κ3) is 5.51. The lowest BCUT2D eigenvalue weighted by molar-refractivity contribution is -0.128. The van der Waals surface area contributed by atoms with E-state index in [1.165, 1.54) is 16.5 Å². The molecule has 3 aromatic carbocycles. The largest absolute Gasteiger partial charge is 0.450 e. The number of rotatable bonds is 8. The number of anilines is 1. The number of thiazole rings is 1. The Balaban J connectivity index is 0.941. The van der Waals surface area contributed by atoms with E-state index in [1.54, 1.807) is 29.4 Å². The molecule has 1 saturated heterocycles. The van der Waals surface area contributed by atoms with E-state index in [9.17, 15) is 4.79 Å². The van der Waals surface area contributed by atoms with Gasteiger partial charge in [0.1, 0.15) is 23.3 Å². The first-order valence-electron chi connectivity index (χ1n) is 14.5. The molecule has 1 fully saturated rings. The van der Waals surface area contributed by atoms with Crippen molar-refractivity contribution in [3.05, 3.63) is 91.0 Å². The standard InChI is InChI=1S/C32H26N8O2S3/c41-27(38-14-16-39(17-15-38)30-29-28(33-20-34-30)22-10-4-6-12-24(22)42-29)19-43-31-37-36-26(40(31)21-8-2-1-3-9-21)18-44-32-35-23-11-5-7-13-25(23)45-32/h1-13,20H,14-19H2. The number of nitrogens with zero attached hydrogens (tertiary/aromatic N) is 8. The van der Waals surface area contributed by atoms with Crippen molar-refractivity contribution >= 4 is 78.9 Å². The van der Waals surface area contributed by atoms with E-state index in [1.807, 2.05) is 82.3 Å². The van der Waals surface area contributed by atoms with Crippen LogP contribution >= 0.6 is 34.9 Å². The first-order chi connectivity index (χ1) is 22.2. The van der Waals surface area contributed by atoms with Crippen LogP contribution in [0.1, 0.15) is 5.82 Å². The average molecular weight is 651 g/mol. The van der Waals surface area contributed by atoms with Crippen LogP contribution in [0.25, 0.3) is 38.0 Å². The number of aromatic nitrogens is 6. The highest BCUT2D eigenvalue weighted by molar-refractivity contribution is 8.00. The quantitative estimate of drug-likeness (QED) is 0.174. The van der Waals surface area contributed by atoms with Gasteiger partial charge < -0.3 is 14.2 Å². The molecule has 1 aliphatic heterocycles. The molecule has 0 aliphatic carbocycles. The van der Waals surface area contributed by atoms with Crippen molar-refractivity contribution in [1.82, 2.24) is 34.6 Å². The van der Waals surface area contributed by atoms with Crippen LogP contribution in [0.15, 0.2) is 99.1 Å². The van der Waals surface area contributed by atoms with Crippen LogP contribution in [0.3, 0.4) is 0 Å². The fraction of sp³-hybridized carbons (Fsp3) is 0.188. The van der Waals surface area contributed by atoms with E-state index < -0.39 is 0 Å². The van der Waals surface area contributed by atoms with Crippen LogP contribution in [0, 0.1) is 0 Å². The molecule has 0 atom stereocenters. The maximum absolute atomic E-state index is 13.4. The zero-order valence-electron chi connectivity index (χ0n) is 23.9. The van der Waals surface area contributed by atoms with Crippen LogP contribution in [0.4, 0.5) is 5.82 Å². The summed E-state index contributed by atoms with van der Waals surface area (Å²) in [7, 11) is 0. The van der Waals surface area contributed by atoms with Gasteiger partial charge in [-0.3, -0.25) is 9.36 Å². The third-order valence-corrected chi connectivity index (χ3v) is 10.8. The van der Waals surface area contributed by atoms with Crippen LogP contribution in [-0.4, -0.2) is 72.5 Å². The molecular formula is C32H26N8O2S3. The van der Waals surface area contributed by atoms with Gasteiger partial charge in [-0.15, -0.1) is 21.5 Å². The van der Waals surface area contributed by atoms with Crippen LogP contribution in [0.5, 0.6) is 0 Å². The van der Waals surface area contributed by atoms with E-state index in [-0.39, 0.29) is 11.7 Å². The number of piperazine rings is 1. The van der Waals surface area contributed by atoms with Gasteiger partial charge in [0.05, 0.1) is 21.7 Å². The van der Waals surface area contributed by atoms with Crippen molar-refractivity contribution in [2.45, 2.75) is 15.2 Å². The molecule has 10 nitrogen and oxygen atoms in total. The first kappa shape index (κ1) is 28.0. The lowest BCUT2D eigenvalue weighted by Gasteiger charge is -2.35. The fourth-order valence-electron chi connectivity index (χ4n) is 5.48. The molecule has 45 heavy (non-hydrogen) atoms. The highest BCUT2D eigenvalue weighted by Crippen LogP contribution is 2.34. The number of benzene rings is 3. The van der Waals surface area contributed by atoms with Crippen molar-refractivity contribution < 1.29 is 9.21 Å². The molecule has 0 spiro atoms. The summed E-state index contributed by atoms with van der Waals surface area (Å²) in [6.07, 6.45) is 1.59. The number of hydrogen-bond acceptors (Lipinski definition) is 11. The van der Waals surface area contributed by atoms with Crippen molar-refractivity contribution in [2.24, 2.45) is 0 Å². The molecule has 0 radical (unpaired) electrons. The monoisotopic (exact) mass is 650 g/mol. The van der Waals surface area contributed by atoms with Gasteiger partial charge in [0.2, 0.25) is 5.91 Å². The maximum atomic E-state index is 13.4. The summed E-state index contributed by atoms with van der Waals surface area (Å²) in [5.74, 6) is 2.54. The Labute approximate surface area is 270 Å². The third-order valence-electron chi connectivity index (χ3n) is 7.71. The van der Waals surface area contributed by atoms with Gasteiger partial charge >= 0.3 is 0 Å². The second-order valence-corrected chi connectivity index (χ2v) is 13.6. The minimum atomic E-state index is 0.0734. The Hall–Kier alpha value is -4.46.